The average molecular weight is 338 g/mol. The quantitative estimate of drug-likeness (QED) is 0.870. The van der Waals surface area contributed by atoms with Crippen molar-refractivity contribution in [1.29, 1.82) is 0 Å². The summed E-state index contributed by atoms with van der Waals surface area (Å²) in [4.78, 5) is 29.9. The van der Waals surface area contributed by atoms with Crippen molar-refractivity contribution in [3.63, 3.8) is 0 Å². The van der Waals surface area contributed by atoms with Crippen molar-refractivity contribution in [1.82, 2.24) is 24.9 Å². The molecule has 2 fully saturated rings. The highest BCUT2D eigenvalue weighted by Crippen LogP contribution is 2.21. The molecule has 1 N–H and O–H groups in total. The van der Waals surface area contributed by atoms with Gasteiger partial charge in [-0.3, -0.25) is 15.0 Å². The van der Waals surface area contributed by atoms with Crippen LogP contribution in [0, 0.1) is 6.92 Å². The smallest absolute Gasteiger partial charge is 0.320 e. The Bertz CT molecular complexity index is 584. The summed E-state index contributed by atoms with van der Waals surface area (Å²) < 4.78 is 0. The van der Waals surface area contributed by atoms with Crippen molar-refractivity contribution in [3.8, 4) is 0 Å². The van der Waals surface area contributed by atoms with Crippen LogP contribution in [0.5, 0.6) is 0 Å². The van der Waals surface area contributed by atoms with E-state index < -0.39 is 0 Å². The van der Waals surface area contributed by atoms with E-state index in [9.17, 15) is 9.59 Å². The van der Waals surface area contributed by atoms with Crippen molar-refractivity contribution >= 4 is 28.4 Å². The van der Waals surface area contributed by atoms with E-state index in [-0.39, 0.29) is 11.9 Å². The molecule has 0 saturated carbocycles. The third-order valence-electron chi connectivity index (χ3n) is 4.39. The minimum absolute atomic E-state index is 0.0587. The number of aryl methyl sites for hydroxylation is 1. The molecule has 0 spiro atoms. The summed E-state index contributed by atoms with van der Waals surface area (Å²) in [5.74, 6) is -0.0587. The molecule has 2 saturated heterocycles. The topological polar surface area (TPSA) is 81.7 Å². The Hall–Kier alpha value is -1.74. The van der Waals surface area contributed by atoms with Gasteiger partial charge in [0.05, 0.1) is 6.54 Å². The second-order valence-corrected chi connectivity index (χ2v) is 7.26. The molecule has 23 heavy (non-hydrogen) atoms. The van der Waals surface area contributed by atoms with E-state index in [4.69, 9.17) is 0 Å². The monoisotopic (exact) mass is 338 g/mol. The van der Waals surface area contributed by atoms with Crippen LogP contribution in [0.3, 0.4) is 0 Å². The fraction of sp³-hybridized carbons (Fsp3) is 0.714. The first-order valence-corrected chi connectivity index (χ1v) is 8.68. The van der Waals surface area contributed by atoms with Gasteiger partial charge in [-0.2, -0.15) is 0 Å². The Labute approximate surface area is 139 Å². The van der Waals surface area contributed by atoms with E-state index >= 15 is 0 Å². The maximum atomic E-state index is 12.0. The number of carbonyl (C=O) groups is 2. The van der Waals surface area contributed by atoms with E-state index in [2.05, 4.69) is 20.4 Å². The predicted molar refractivity (Wildman–Crippen MR) is 87.5 cm³/mol. The van der Waals surface area contributed by atoms with Gasteiger partial charge in [-0.05, 0) is 19.8 Å². The molecule has 0 radical (unpaired) electrons. The maximum absolute atomic E-state index is 12.0. The van der Waals surface area contributed by atoms with Crippen LogP contribution in [0.2, 0.25) is 0 Å². The molecule has 9 heteroatoms. The van der Waals surface area contributed by atoms with Crippen molar-refractivity contribution in [2.45, 2.75) is 25.8 Å². The van der Waals surface area contributed by atoms with E-state index in [0.717, 1.165) is 44.0 Å². The summed E-state index contributed by atoms with van der Waals surface area (Å²) >= 11 is 1.37. The van der Waals surface area contributed by atoms with Gasteiger partial charge in [-0.1, -0.05) is 11.3 Å². The molecule has 0 aromatic carbocycles. The molecule has 3 rings (SSSR count). The van der Waals surface area contributed by atoms with E-state index in [1.54, 1.807) is 4.90 Å². The number of aromatic nitrogens is 2. The molecule has 1 aromatic rings. The first-order valence-electron chi connectivity index (χ1n) is 7.87. The van der Waals surface area contributed by atoms with Gasteiger partial charge in [-0.15, -0.1) is 10.2 Å². The zero-order valence-electron chi connectivity index (χ0n) is 13.5. The standard InChI is InChI=1S/C14H22N6O2S/c1-10-16-17-13(23-10)15-12(21)9-19-5-3-11(4-6-19)20-8-7-18(2)14(20)22/h11H,3-9H2,1-2H3,(H,15,17,21). The first-order chi connectivity index (χ1) is 11.0. The third kappa shape index (κ3) is 3.78. The summed E-state index contributed by atoms with van der Waals surface area (Å²) in [6, 6.07) is 0.436. The number of likely N-dealkylation sites (N-methyl/N-ethyl adjacent to an activating group) is 1. The van der Waals surface area contributed by atoms with Gasteiger partial charge in [0.2, 0.25) is 11.0 Å². The van der Waals surface area contributed by atoms with Gasteiger partial charge in [0, 0.05) is 39.3 Å². The number of carbonyl (C=O) groups excluding carboxylic acids is 2. The molecule has 0 bridgehead atoms. The van der Waals surface area contributed by atoms with Gasteiger partial charge in [0.25, 0.3) is 0 Å². The predicted octanol–water partition coefficient (Wildman–Crippen LogP) is 0.617. The lowest BCUT2D eigenvalue weighted by Gasteiger charge is -2.36. The minimum Gasteiger partial charge on any atom is -0.326 e. The molecule has 0 unspecified atom stereocenters. The average Bonchev–Trinajstić information content (AvgIpc) is 3.07. The molecular formula is C14H22N6O2S. The number of anilines is 1. The summed E-state index contributed by atoms with van der Waals surface area (Å²) in [6.07, 6.45) is 1.84. The number of likely N-dealkylation sites (tertiary alicyclic amines) is 1. The fourth-order valence-electron chi connectivity index (χ4n) is 3.11. The number of hydrogen-bond acceptors (Lipinski definition) is 6. The van der Waals surface area contributed by atoms with E-state index in [1.807, 2.05) is 18.9 Å². The molecule has 3 heterocycles. The molecule has 0 atom stereocenters. The highest BCUT2D eigenvalue weighted by atomic mass is 32.1. The maximum Gasteiger partial charge on any atom is 0.320 e. The lowest BCUT2D eigenvalue weighted by molar-refractivity contribution is -0.117. The van der Waals surface area contributed by atoms with Crippen LogP contribution in [0.25, 0.3) is 0 Å². The SMILES string of the molecule is Cc1nnc(NC(=O)CN2CCC(N3CCN(C)C3=O)CC2)s1. The largest absolute Gasteiger partial charge is 0.326 e. The summed E-state index contributed by atoms with van der Waals surface area (Å²) in [7, 11) is 1.84. The van der Waals surface area contributed by atoms with E-state index in [0.29, 0.717) is 17.7 Å². The zero-order chi connectivity index (χ0) is 16.4. The Morgan fingerprint density at radius 2 is 2.00 bits per heavy atom. The third-order valence-corrected chi connectivity index (χ3v) is 5.14. The molecule has 2 aliphatic rings. The Morgan fingerprint density at radius 1 is 1.26 bits per heavy atom. The van der Waals surface area contributed by atoms with Gasteiger partial charge in [0.1, 0.15) is 5.01 Å². The van der Waals surface area contributed by atoms with Crippen molar-refractivity contribution < 1.29 is 9.59 Å². The number of nitrogens with zero attached hydrogens (tertiary/aromatic N) is 5. The molecule has 3 amide bonds. The molecule has 1 aromatic heterocycles. The Morgan fingerprint density at radius 3 is 2.57 bits per heavy atom. The van der Waals surface area contributed by atoms with Gasteiger partial charge in [0.15, 0.2) is 0 Å². The van der Waals surface area contributed by atoms with Gasteiger partial charge < -0.3 is 9.80 Å². The fourth-order valence-corrected chi connectivity index (χ4v) is 3.71. The van der Waals surface area contributed by atoms with Crippen LogP contribution in [-0.4, -0.2) is 82.6 Å². The van der Waals surface area contributed by atoms with Crippen LogP contribution < -0.4 is 5.32 Å². The lowest BCUT2D eigenvalue weighted by atomic mass is 10.0. The molecule has 8 nitrogen and oxygen atoms in total. The normalized spacial score (nSPS) is 20.3. The van der Waals surface area contributed by atoms with Crippen molar-refractivity contribution in [2.24, 2.45) is 0 Å². The zero-order valence-corrected chi connectivity index (χ0v) is 14.3. The number of urea groups is 1. The number of nitrogens with one attached hydrogen (secondary N) is 1. The number of rotatable bonds is 4. The van der Waals surface area contributed by atoms with Gasteiger partial charge >= 0.3 is 6.03 Å². The molecule has 0 aliphatic carbocycles. The summed E-state index contributed by atoms with van der Waals surface area (Å²) in [6.45, 7) is 5.51. The molecule has 126 valence electrons. The molecular weight excluding hydrogens is 316 g/mol. The highest BCUT2D eigenvalue weighted by Gasteiger charge is 2.33. The van der Waals surface area contributed by atoms with Crippen LogP contribution in [0.15, 0.2) is 0 Å². The summed E-state index contributed by atoms with van der Waals surface area (Å²) in [5.41, 5.74) is 0. The minimum atomic E-state index is -0.0587. The van der Waals surface area contributed by atoms with Crippen molar-refractivity contribution in [2.75, 3.05) is 45.1 Å². The van der Waals surface area contributed by atoms with Crippen LogP contribution >= 0.6 is 11.3 Å². The Balaban J connectivity index is 1.44. The van der Waals surface area contributed by atoms with Crippen LogP contribution in [-0.2, 0) is 4.79 Å². The second kappa shape index (κ2) is 6.79. The number of piperidine rings is 1. The second-order valence-electron chi connectivity index (χ2n) is 6.08. The van der Waals surface area contributed by atoms with E-state index in [1.165, 1.54) is 11.3 Å². The van der Waals surface area contributed by atoms with Crippen molar-refractivity contribution in [3.05, 3.63) is 5.01 Å². The number of hydrogen-bond donors (Lipinski definition) is 1. The summed E-state index contributed by atoms with van der Waals surface area (Å²) in [5, 5.41) is 11.9. The highest BCUT2D eigenvalue weighted by molar-refractivity contribution is 7.15. The van der Waals surface area contributed by atoms with Gasteiger partial charge in [-0.25, -0.2) is 4.79 Å². The molecule has 2 aliphatic heterocycles. The first kappa shape index (κ1) is 16.1. The lowest BCUT2D eigenvalue weighted by Crippen LogP contribution is -2.47. The van der Waals surface area contributed by atoms with Crippen LogP contribution in [0.1, 0.15) is 17.8 Å². The Kier molecular flexibility index (Phi) is 4.76. The number of amides is 3. The van der Waals surface area contributed by atoms with Crippen LogP contribution in [0.4, 0.5) is 9.93 Å².